The van der Waals surface area contributed by atoms with E-state index in [0.29, 0.717) is 12.6 Å². The Morgan fingerprint density at radius 1 is 1.26 bits per heavy atom. The number of amides is 2. The fourth-order valence-electron chi connectivity index (χ4n) is 4.85. The molecule has 7 heteroatoms. The zero-order valence-corrected chi connectivity index (χ0v) is 16.0. The zero-order valence-electron chi connectivity index (χ0n) is 16.0. The predicted octanol–water partition coefficient (Wildman–Crippen LogP) is 0.900. The fourth-order valence-corrected chi connectivity index (χ4v) is 4.85. The highest BCUT2D eigenvalue weighted by atomic mass is 16.5. The van der Waals surface area contributed by atoms with Gasteiger partial charge in [0, 0.05) is 43.7 Å². The van der Waals surface area contributed by atoms with Gasteiger partial charge in [0.2, 0.25) is 11.8 Å². The van der Waals surface area contributed by atoms with E-state index >= 15 is 0 Å². The molecule has 3 aliphatic rings. The molecule has 0 spiro atoms. The van der Waals surface area contributed by atoms with Gasteiger partial charge in [0.15, 0.2) is 0 Å². The third kappa shape index (κ3) is 3.30. The van der Waals surface area contributed by atoms with Gasteiger partial charge in [-0.2, -0.15) is 0 Å². The lowest BCUT2D eigenvalue weighted by molar-refractivity contribution is -0.153. The molecule has 0 aromatic heterocycles. The van der Waals surface area contributed by atoms with E-state index in [1.54, 1.807) is 7.11 Å². The van der Waals surface area contributed by atoms with Crippen molar-refractivity contribution in [3.8, 4) is 5.75 Å². The molecular weight excluding hydrogens is 344 g/mol. The van der Waals surface area contributed by atoms with Crippen LogP contribution in [0.5, 0.6) is 5.75 Å². The molecule has 1 saturated carbocycles. The van der Waals surface area contributed by atoms with Crippen molar-refractivity contribution < 1.29 is 14.3 Å². The Morgan fingerprint density at radius 2 is 2.07 bits per heavy atom. The van der Waals surface area contributed by atoms with Crippen LogP contribution in [0.15, 0.2) is 24.3 Å². The van der Waals surface area contributed by atoms with Crippen LogP contribution in [0.25, 0.3) is 0 Å². The van der Waals surface area contributed by atoms with Gasteiger partial charge >= 0.3 is 0 Å². The van der Waals surface area contributed by atoms with E-state index in [4.69, 9.17) is 4.74 Å². The van der Waals surface area contributed by atoms with Crippen molar-refractivity contribution in [1.29, 1.82) is 0 Å². The maximum Gasteiger partial charge on any atom is 0.241 e. The number of para-hydroxylation sites is 1. The van der Waals surface area contributed by atoms with Crippen molar-refractivity contribution in [1.82, 2.24) is 20.7 Å². The van der Waals surface area contributed by atoms with Crippen LogP contribution in [-0.4, -0.2) is 60.6 Å². The highest BCUT2D eigenvalue weighted by molar-refractivity contribution is 5.84. The Balaban J connectivity index is 1.40. The molecule has 0 radical (unpaired) electrons. The number of nitrogens with zero attached hydrogens (tertiary/aromatic N) is 2. The predicted molar refractivity (Wildman–Crippen MR) is 101 cm³/mol. The summed E-state index contributed by atoms with van der Waals surface area (Å²) in [5.41, 5.74) is 4.35. The highest BCUT2D eigenvalue weighted by Gasteiger charge is 2.50. The highest BCUT2D eigenvalue weighted by Crippen LogP contribution is 2.36. The van der Waals surface area contributed by atoms with Crippen molar-refractivity contribution in [2.75, 3.05) is 20.7 Å². The van der Waals surface area contributed by atoms with Gasteiger partial charge in [-0.05, 0) is 31.7 Å². The number of methoxy groups -OCH3 is 1. The largest absolute Gasteiger partial charge is 0.496 e. The molecule has 2 amide bonds. The van der Waals surface area contributed by atoms with Gasteiger partial charge in [-0.1, -0.05) is 18.2 Å². The molecule has 7 nitrogen and oxygen atoms in total. The van der Waals surface area contributed by atoms with Gasteiger partial charge in [0.1, 0.15) is 11.8 Å². The van der Waals surface area contributed by atoms with E-state index in [1.807, 2.05) is 36.2 Å². The Morgan fingerprint density at radius 3 is 2.89 bits per heavy atom. The Bertz CT molecular complexity index is 725. The summed E-state index contributed by atoms with van der Waals surface area (Å²) in [5.74, 6) is 0.966. The lowest BCUT2D eigenvalue weighted by Crippen LogP contribution is -2.67. The summed E-state index contributed by atoms with van der Waals surface area (Å²) in [6.07, 6.45) is 3.37. The molecule has 4 unspecified atom stereocenters. The van der Waals surface area contributed by atoms with Crippen LogP contribution in [0, 0.1) is 5.92 Å². The minimum absolute atomic E-state index is 0.0350. The number of benzene rings is 1. The summed E-state index contributed by atoms with van der Waals surface area (Å²) in [6.45, 7) is 1.31. The number of fused-ring (bicyclic) bond motifs is 3. The van der Waals surface area contributed by atoms with Gasteiger partial charge in [0.05, 0.1) is 7.11 Å². The first kappa shape index (κ1) is 18.3. The number of rotatable bonds is 4. The molecule has 3 fully saturated rings. The molecule has 146 valence electrons. The summed E-state index contributed by atoms with van der Waals surface area (Å²) in [5, 5.41) is 5.22. The zero-order chi connectivity index (χ0) is 19.0. The van der Waals surface area contributed by atoms with Gasteiger partial charge in [-0.25, -0.2) is 5.01 Å². The number of hydrogen-bond acceptors (Lipinski definition) is 5. The third-order valence-electron chi connectivity index (χ3n) is 6.33. The molecule has 2 saturated heterocycles. The average Bonchev–Trinajstić information content (AvgIpc) is 3.20. The topological polar surface area (TPSA) is 73.9 Å². The maximum atomic E-state index is 12.8. The van der Waals surface area contributed by atoms with Crippen LogP contribution in [0.1, 0.15) is 31.2 Å². The van der Waals surface area contributed by atoms with Gasteiger partial charge < -0.3 is 15.0 Å². The summed E-state index contributed by atoms with van der Waals surface area (Å²) >= 11 is 0. The number of likely N-dealkylation sites (N-methyl/N-ethyl adjacent to an activating group) is 1. The normalized spacial score (nSPS) is 30.6. The summed E-state index contributed by atoms with van der Waals surface area (Å²) in [6, 6.07) is 8.08. The van der Waals surface area contributed by atoms with Crippen LogP contribution in [-0.2, 0) is 16.1 Å². The van der Waals surface area contributed by atoms with E-state index in [0.717, 1.165) is 43.5 Å². The standard InChI is InChI=1S/C20H28N4O3/c1-23-17-11-13(7-8-15(17)24-16(20(23)26)9-10-22-24)19(25)21-12-14-5-3-4-6-18(14)27-2/h3-6,13,15-17,22H,7-12H2,1-2H3,(H,21,25). The number of carbonyl (C=O) groups is 2. The minimum atomic E-state index is -0.0599. The van der Waals surface area contributed by atoms with Crippen molar-refractivity contribution in [3.05, 3.63) is 29.8 Å². The quantitative estimate of drug-likeness (QED) is 0.822. The molecular formula is C20H28N4O3. The number of nitrogens with one attached hydrogen (secondary N) is 2. The first-order valence-corrected chi connectivity index (χ1v) is 9.78. The fraction of sp³-hybridized carbons (Fsp3) is 0.600. The van der Waals surface area contributed by atoms with Crippen LogP contribution >= 0.6 is 0 Å². The lowest BCUT2D eigenvalue weighted by Gasteiger charge is -2.50. The molecule has 1 aliphatic carbocycles. The third-order valence-corrected chi connectivity index (χ3v) is 6.33. The van der Waals surface area contributed by atoms with Gasteiger partial charge in [0.25, 0.3) is 0 Å². The molecule has 0 bridgehead atoms. The van der Waals surface area contributed by atoms with Crippen LogP contribution in [0.3, 0.4) is 0 Å². The Hall–Kier alpha value is -2.12. The van der Waals surface area contributed by atoms with Crippen molar-refractivity contribution in [2.24, 2.45) is 5.92 Å². The Labute approximate surface area is 160 Å². The number of carbonyl (C=O) groups excluding carboxylic acids is 2. The lowest BCUT2D eigenvalue weighted by atomic mass is 9.79. The SMILES string of the molecule is COc1ccccc1CNC(=O)C1CCC2C(C1)N(C)C(=O)C1CCNN12. The molecule has 2 aliphatic heterocycles. The number of ether oxygens (including phenoxy) is 1. The van der Waals surface area contributed by atoms with Gasteiger partial charge in [-0.3, -0.25) is 15.0 Å². The molecule has 2 N–H and O–H groups in total. The molecule has 27 heavy (non-hydrogen) atoms. The second kappa shape index (κ2) is 7.48. The smallest absolute Gasteiger partial charge is 0.241 e. The van der Waals surface area contributed by atoms with Crippen molar-refractivity contribution in [2.45, 2.75) is 50.4 Å². The van der Waals surface area contributed by atoms with Crippen LogP contribution in [0.4, 0.5) is 0 Å². The minimum Gasteiger partial charge on any atom is -0.496 e. The van der Waals surface area contributed by atoms with E-state index < -0.39 is 0 Å². The second-order valence-electron chi connectivity index (χ2n) is 7.74. The second-order valence-corrected chi connectivity index (χ2v) is 7.74. The first-order chi connectivity index (χ1) is 13.1. The van der Waals surface area contributed by atoms with E-state index in [2.05, 4.69) is 15.8 Å². The molecule has 1 aromatic rings. The Kier molecular flexibility index (Phi) is 5.06. The first-order valence-electron chi connectivity index (χ1n) is 9.78. The average molecular weight is 372 g/mol. The van der Waals surface area contributed by atoms with Crippen LogP contribution < -0.4 is 15.5 Å². The molecule has 4 rings (SSSR count). The molecule has 1 aromatic carbocycles. The number of hydrazine groups is 1. The maximum absolute atomic E-state index is 12.8. The van der Waals surface area contributed by atoms with Gasteiger partial charge in [-0.15, -0.1) is 0 Å². The number of piperazine rings is 1. The monoisotopic (exact) mass is 372 g/mol. The van der Waals surface area contributed by atoms with Crippen molar-refractivity contribution >= 4 is 11.8 Å². The van der Waals surface area contributed by atoms with E-state index in [1.165, 1.54) is 0 Å². The van der Waals surface area contributed by atoms with E-state index in [-0.39, 0.29) is 29.8 Å². The molecule has 2 heterocycles. The van der Waals surface area contributed by atoms with E-state index in [9.17, 15) is 9.59 Å². The van der Waals surface area contributed by atoms with Crippen molar-refractivity contribution in [3.63, 3.8) is 0 Å². The number of hydrogen-bond donors (Lipinski definition) is 2. The summed E-state index contributed by atoms with van der Waals surface area (Å²) in [7, 11) is 3.53. The summed E-state index contributed by atoms with van der Waals surface area (Å²) < 4.78 is 5.35. The molecule has 4 atom stereocenters. The van der Waals surface area contributed by atoms with Crippen LogP contribution in [0.2, 0.25) is 0 Å². The summed E-state index contributed by atoms with van der Waals surface area (Å²) in [4.78, 5) is 27.3.